The van der Waals surface area contributed by atoms with Crippen LogP contribution < -0.4 is 0 Å². The fourth-order valence-electron chi connectivity index (χ4n) is 12.9. The van der Waals surface area contributed by atoms with Crippen LogP contribution in [-0.4, -0.2) is 44.9 Å². The molecular weight excluding hydrogens is 1370 g/mol. The zero-order valence-corrected chi connectivity index (χ0v) is 58.6. The predicted octanol–water partition coefficient (Wildman–Crippen LogP) is 25.3. The number of rotatable bonds is 10. The van der Waals surface area contributed by atoms with Gasteiger partial charge in [0.2, 0.25) is 15.9 Å². The van der Waals surface area contributed by atoms with E-state index in [4.69, 9.17) is 49.8 Å². The Morgan fingerprint density at radius 1 is 0.186 bits per heavy atom. The van der Waals surface area contributed by atoms with Gasteiger partial charge in [0.05, 0.1) is 0 Å². The maximum Gasteiger partial charge on any atom is 0.226 e. The SMILES string of the molecule is Clc1nc(-c2ccccc2)nc(-c2ccc3c(c2)sc2c(-c4ccccc4)cccc23)n1.Clc1nc(-c2ccccc2)nc(-c2ccc3c(c2)sc2ccc(-c4ccccc4-c4ccccc4)cc23)n1.Clc1nc(-c2ccccc2)nc(-c2ccc3sc4cccc(-c5ccccc5)c4c3c2)n1. The van der Waals surface area contributed by atoms with Gasteiger partial charge in [-0.05, 0) is 128 Å². The Morgan fingerprint density at radius 3 is 1.02 bits per heavy atom. The van der Waals surface area contributed by atoms with Crippen LogP contribution in [0.3, 0.4) is 0 Å². The summed E-state index contributed by atoms with van der Waals surface area (Å²) in [5, 5.41) is 7.97. The molecule has 6 aromatic heterocycles. The first kappa shape index (κ1) is 63.8. The summed E-state index contributed by atoms with van der Waals surface area (Å²) in [7, 11) is 0. The van der Waals surface area contributed by atoms with Gasteiger partial charge in [0.15, 0.2) is 34.9 Å². The molecule has 0 radical (unpaired) electrons. The summed E-state index contributed by atoms with van der Waals surface area (Å²) in [5.74, 6) is 3.43. The second kappa shape index (κ2) is 28.2. The molecule has 0 unspecified atom stereocenters. The quantitative estimate of drug-likeness (QED) is 0.132. The van der Waals surface area contributed by atoms with Gasteiger partial charge in [0.1, 0.15) is 0 Å². The average Bonchev–Trinajstić information content (AvgIpc) is 1.61. The molecule has 0 spiro atoms. The van der Waals surface area contributed by atoms with Crippen LogP contribution in [0.1, 0.15) is 0 Å². The van der Waals surface area contributed by atoms with Crippen molar-refractivity contribution in [3.63, 3.8) is 0 Å². The summed E-state index contributed by atoms with van der Waals surface area (Å²) < 4.78 is 7.40. The molecule has 13 aromatic carbocycles. The lowest BCUT2D eigenvalue weighted by Crippen LogP contribution is -1.97. The maximum absolute atomic E-state index is 6.31. The fourth-order valence-corrected chi connectivity index (χ4v) is 16.9. The van der Waals surface area contributed by atoms with E-state index < -0.39 is 0 Å². The van der Waals surface area contributed by atoms with Gasteiger partial charge in [0.25, 0.3) is 0 Å². The van der Waals surface area contributed by atoms with Gasteiger partial charge in [-0.15, -0.1) is 34.0 Å². The molecule has 484 valence electrons. The summed E-state index contributed by atoms with van der Waals surface area (Å²) in [5.41, 5.74) is 15.3. The summed E-state index contributed by atoms with van der Waals surface area (Å²) >= 11 is 24.2. The minimum Gasteiger partial charge on any atom is -0.208 e. The highest BCUT2D eigenvalue weighted by Crippen LogP contribution is 2.45. The number of thiophene rings is 3. The largest absolute Gasteiger partial charge is 0.226 e. The number of hydrogen-bond acceptors (Lipinski definition) is 12. The normalized spacial score (nSPS) is 11.3. The summed E-state index contributed by atoms with van der Waals surface area (Å²) in [6, 6.07) is 108. The molecule has 0 saturated heterocycles. The minimum absolute atomic E-state index is 0.187. The Bertz CT molecular complexity index is 6300. The van der Waals surface area contributed by atoms with Gasteiger partial charge >= 0.3 is 0 Å². The molecule has 0 amide bonds. The third kappa shape index (κ3) is 13.1. The molecular formula is C87H52Cl3N9S3. The second-order valence-corrected chi connectivity index (χ2v) is 28.2. The fraction of sp³-hybridized carbons (Fsp3) is 0. The number of halogens is 3. The van der Waals surface area contributed by atoms with Crippen molar-refractivity contribution >= 4 is 129 Å². The van der Waals surface area contributed by atoms with Crippen LogP contribution in [0.2, 0.25) is 15.9 Å². The molecule has 19 rings (SSSR count). The highest BCUT2D eigenvalue weighted by molar-refractivity contribution is 7.27. The van der Waals surface area contributed by atoms with E-state index in [0.29, 0.717) is 34.9 Å². The van der Waals surface area contributed by atoms with Crippen LogP contribution in [0.5, 0.6) is 0 Å². The van der Waals surface area contributed by atoms with Gasteiger partial charge in [-0.3, -0.25) is 0 Å². The molecule has 15 heteroatoms. The van der Waals surface area contributed by atoms with E-state index in [1.54, 1.807) is 34.0 Å². The minimum atomic E-state index is 0.187. The van der Waals surface area contributed by atoms with Crippen molar-refractivity contribution in [1.82, 2.24) is 44.9 Å². The molecule has 0 aliphatic rings. The van der Waals surface area contributed by atoms with Crippen LogP contribution in [-0.2, 0) is 0 Å². The van der Waals surface area contributed by atoms with Gasteiger partial charge in [-0.25, -0.2) is 15.0 Å². The average molecular weight is 1430 g/mol. The first-order valence-electron chi connectivity index (χ1n) is 32.8. The van der Waals surface area contributed by atoms with E-state index in [9.17, 15) is 0 Å². The Labute approximate surface area is 613 Å². The molecule has 0 saturated carbocycles. The summed E-state index contributed by atoms with van der Waals surface area (Å²) in [4.78, 5) is 40.4. The highest BCUT2D eigenvalue weighted by Gasteiger charge is 2.19. The molecule has 0 atom stereocenters. The third-order valence-electron chi connectivity index (χ3n) is 17.7. The highest BCUT2D eigenvalue weighted by atomic mass is 35.5. The van der Waals surface area contributed by atoms with Crippen LogP contribution >= 0.6 is 68.8 Å². The molecule has 9 nitrogen and oxygen atoms in total. The number of benzene rings is 13. The maximum atomic E-state index is 6.31. The lowest BCUT2D eigenvalue weighted by Gasteiger charge is -2.10. The van der Waals surface area contributed by atoms with E-state index in [-0.39, 0.29) is 15.9 Å². The molecule has 0 aliphatic carbocycles. The Hall–Kier alpha value is -11.6. The molecule has 0 bridgehead atoms. The molecule has 19 aromatic rings. The lowest BCUT2D eigenvalue weighted by molar-refractivity contribution is 1.07. The predicted molar refractivity (Wildman–Crippen MR) is 428 cm³/mol. The third-order valence-corrected chi connectivity index (χ3v) is 21.6. The van der Waals surface area contributed by atoms with Gasteiger partial charge < -0.3 is 0 Å². The standard InChI is InChI=1S/C33H20ClN3S.2C27H16ClN3S/c34-33-36-31(22-11-5-2-6-12-22)35-32(37-33)24-15-17-27-28-19-23(16-18-29(28)38-30(27)20-24)26-14-8-7-13-25(26)21-9-3-1-4-10-21;28-27-30-25(18-10-5-2-6-11-18)29-26(31-27)19-14-15-22-21(16-19)24-20(12-7-13-23(24)32-22)17-8-3-1-4-9-17;28-27-30-25(18-10-5-2-6-11-18)29-26(31-27)19-14-15-21-22-13-7-12-20(17-8-3-1-4-9-17)24(22)32-23(21)16-19/h1-20H;2*1-16H. The van der Waals surface area contributed by atoms with Crippen LogP contribution in [0.15, 0.2) is 315 Å². The Balaban J connectivity index is 0.000000114. The van der Waals surface area contributed by atoms with Crippen LogP contribution in [0.25, 0.3) is 173 Å². The lowest BCUT2D eigenvalue weighted by atomic mass is 9.94. The van der Waals surface area contributed by atoms with Crippen molar-refractivity contribution in [3.8, 4) is 113 Å². The zero-order valence-electron chi connectivity index (χ0n) is 53.9. The second-order valence-electron chi connectivity index (χ2n) is 24.0. The van der Waals surface area contributed by atoms with Crippen molar-refractivity contribution in [2.75, 3.05) is 0 Å². The molecule has 6 heterocycles. The van der Waals surface area contributed by atoms with Crippen molar-refractivity contribution in [1.29, 1.82) is 0 Å². The number of nitrogens with zero attached hydrogens (tertiary/aromatic N) is 9. The van der Waals surface area contributed by atoms with E-state index in [0.717, 1.165) is 33.4 Å². The number of hydrogen-bond donors (Lipinski definition) is 0. The molecule has 0 fully saturated rings. The Kier molecular flexibility index (Phi) is 17.7. The van der Waals surface area contributed by atoms with Gasteiger partial charge in [0, 0.05) is 93.9 Å². The molecule has 102 heavy (non-hydrogen) atoms. The summed E-state index contributed by atoms with van der Waals surface area (Å²) in [6.45, 7) is 0. The molecule has 0 aliphatic heterocycles. The van der Waals surface area contributed by atoms with Gasteiger partial charge in [-0.1, -0.05) is 267 Å². The number of aromatic nitrogens is 9. The van der Waals surface area contributed by atoms with E-state index in [1.807, 2.05) is 103 Å². The van der Waals surface area contributed by atoms with Gasteiger partial charge in [-0.2, -0.15) is 29.9 Å². The number of fused-ring (bicyclic) bond motifs is 9. The van der Waals surface area contributed by atoms with E-state index in [2.05, 4.69) is 242 Å². The topological polar surface area (TPSA) is 116 Å². The van der Waals surface area contributed by atoms with E-state index >= 15 is 0 Å². The smallest absolute Gasteiger partial charge is 0.208 e. The van der Waals surface area contributed by atoms with Crippen molar-refractivity contribution in [3.05, 3.63) is 331 Å². The summed E-state index contributed by atoms with van der Waals surface area (Å²) in [6.07, 6.45) is 0. The van der Waals surface area contributed by atoms with Crippen LogP contribution in [0.4, 0.5) is 0 Å². The first-order valence-corrected chi connectivity index (χ1v) is 36.4. The van der Waals surface area contributed by atoms with E-state index in [1.165, 1.54) is 105 Å². The van der Waals surface area contributed by atoms with Crippen molar-refractivity contribution in [2.24, 2.45) is 0 Å². The van der Waals surface area contributed by atoms with Crippen molar-refractivity contribution in [2.45, 2.75) is 0 Å². The first-order chi connectivity index (χ1) is 50.2. The molecule has 0 N–H and O–H groups in total. The Morgan fingerprint density at radius 2 is 0.520 bits per heavy atom. The van der Waals surface area contributed by atoms with Crippen LogP contribution in [0, 0.1) is 0 Å². The zero-order chi connectivity index (χ0) is 68.5. The monoisotopic (exact) mass is 1420 g/mol. The van der Waals surface area contributed by atoms with Crippen molar-refractivity contribution < 1.29 is 0 Å².